The molecule has 4 bridgehead atoms. The molecule has 0 saturated carbocycles. The summed E-state index contributed by atoms with van der Waals surface area (Å²) in [6, 6.07) is 0. The second kappa shape index (κ2) is 22.1. The topological polar surface area (TPSA) is 6.48 Å². The van der Waals surface area contributed by atoms with Crippen molar-refractivity contribution in [2.24, 2.45) is 0 Å². The summed E-state index contributed by atoms with van der Waals surface area (Å²) in [5.41, 5.74) is 3.50. The highest BCUT2D eigenvalue weighted by atomic mass is 15.1. The minimum absolute atomic E-state index is 1.27. The molecule has 0 radical (unpaired) electrons. The van der Waals surface area contributed by atoms with E-state index in [-0.39, 0.29) is 0 Å². The lowest BCUT2D eigenvalue weighted by Gasteiger charge is -2.27. The largest absolute Gasteiger partial charge is 0.299 e. The van der Waals surface area contributed by atoms with Crippen molar-refractivity contribution in [2.75, 3.05) is 39.3 Å². The van der Waals surface area contributed by atoms with Crippen LogP contribution >= 0.6 is 0 Å². The van der Waals surface area contributed by atoms with Crippen LogP contribution in [0.3, 0.4) is 0 Å². The highest BCUT2D eigenvalue weighted by molar-refractivity contribution is 5.08. The van der Waals surface area contributed by atoms with E-state index in [1.165, 1.54) is 206 Å². The Hall–Kier alpha value is -0.600. The van der Waals surface area contributed by atoms with E-state index in [0.29, 0.717) is 0 Å². The summed E-state index contributed by atoms with van der Waals surface area (Å²) in [6.07, 6.45) is 42.5. The maximum absolute atomic E-state index is 2.75. The van der Waals surface area contributed by atoms with Crippen molar-refractivity contribution < 1.29 is 0 Å². The van der Waals surface area contributed by atoms with Gasteiger partial charge >= 0.3 is 0 Å². The van der Waals surface area contributed by atoms with E-state index < -0.39 is 0 Å². The van der Waals surface area contributed by atoms with Crippen molar-refractivity contribution in [2.45, 2.75) is 167 Å². The second-order valence-electron chi connectivity index (χ2n) is 13.1. The molecule has 2 unspecified atom stereocenters. The first kappa shape index (κ1) is 31.9. The van der Waals surface area contributed by atoms with E-state index in [1.54, 1.807) is 11.1 Å². The lowest BCUT2D eigenvalue weighted by Crippen LogP contribution is -2.31. The summed E-state index contributed by atoms with van der Waals surface area (Å²) in [5.74, 6) is 0. The van der Waals surface area contributed by atoms with Gasteiger partial charge in [-0.3, -0.25) is 9.80 Å². The Morgan fingerprint density at radius 3 is 0.947 bits per heavy atom. The average molecular weight is 527 g/mol. The van der Waals surface area contributed by atoms with Crippen molar-refractivity contribution in [3.05, 3.63) is 23.3 Å². The minimum atomic E-state index is 1.27. The van der Waals surface area contributed by atoms with Crippen LogP contribution in [-0.2, 0) is 0 Å². The van der Waals surface area contributed by atoms with E-state index in [2.05, 4.69) is 22.0 Å². The Kier molecular flexibility index (Phi) is 18.6. The van der Waals surface area contributed by atoms with Crippen molar-refractivity contribution >= 4 is 0 Å². The number of fused-ring (bicyclic) bond motifs is 4. The molecule has 3 heterocycles. The second-order valence-corrected chi connectivity index (χ2v) is 13.1. The van der Waals surface area contributed by atoms with Crippen LogP contribution in [0.15, 0.2) is 23.3 Å². The molecule has 1 fully saturated rings. The van der Waals surface area contributed by atoms with Gasteiger partial charge in [-0.1, -0.05) is 139 Å². The van der Waals surface area contributed by atoms with Crippen molar-refractivity contribution in [1.29, 1.82) is 0 Å². The first-order valence-corrected chi connectivity index (χ1v) is 17.7. The van der Waals surface area contributed by atoms with Crippen molar-refractivity contribution in [1.82, 2.24) is 9.80 Å². The van der Waals surface area contributed by atoms with Gasteiger partial charge < -0.3 is 0 Å². The minimum Gasteiger partial charge on any atom is -0.299 e. The molecule has 1 saturated heterocycles. The lowest BCUT2D eigenvalue weighted by atomic mass is 10.00. The van der Waals surface area contributed by atoms with Crippen LogP contribution in [-0.4, -0.2) is 49.1 Å². The molecule has 3 aliphatic heterocycles. The summed E-state index contributed by atoms with van der Waals surface area (Å²) < 4.78 is 0. The zero-order valence-electron chi connectivity index (χ0n) is 25.7. The number of nitrogens with zero attached hydrogens (tertiary/aromatic N) is 2. The van der Waals surface area contributed by atoms with Crippen molar-refractivity contribution in [3.8, 4) is 0 Å². The first-order valence-electron chi connectivity index (χ1n) is 17.7. The molecule has 0 spiro atoms. The van der Waals surface area contributed by atoms with E-state index in [4.69, 9.17) is 0 Å². The smallest absolute Gasteiger partial charge is 0.0192 e. The number of hydrogen-bond donors (Lipinski definition) is 0. The highest BCUT2D eigenvalue weighted by Crippen LogP contribution is 2.21. The summed E-state index contributed by atoms with van der Waals surface area (Å²) in [7, 11) is 0. The van der Waals surface area contributed by atoms with Crippen LogP contribution < -0.4 is 0 Å². The molecule has 2 atom stereocenters. The van der Waals surface area contributed by atoms with Crippen LogP contribution in [0.5, 0.6) is 0 Å². The van der Waals surface area contributed by atoms with Gasteiger partial charge in [0.05, 0.1) is 0 Å². The zero-order valence-corrected chi connectivity index (χ0v) is 25.7. The normalized spacial score (nSPS) is 28.6. The van der Waals surface area contributed by atoms with Gasteiger partial charge in [0, 0.05) is 26.2 Å². The summed E-state index contributed by atoms with van der Waals surface area (Å²) in [4.78, 5) is 5.50. The maximum Gasteiger partial charge on any atom is 0.0192 e. The molecule has 38 heavy (non-hydrogen) atoms. The lowest BCUT2D eigenvalue weighted by molar-refractivity contribution is 0.278. The molecule has 0 aromatic rings. The van der Waals surface area contributed by atoms with Gasteiger partial charge in [0.1, 0.15) is 0 Å². The Morgan fingerprint density at radius 2 is 0.605 bits per heavy atom. The maximum atomic E-state index is 2.75. The Balaban J connectivity index is 1.29. The van der Waals surface area contributed by atoms with Crippen LogP contribution in [0.25, 0.3) is 0 Å². The van der Waals surface area contributed by atoms with Crippen LogP contribution in [0, 0.1) is 0 Å². The predicted molar refractivity (Wildman–Crippen MR) is 169 cm³/mol. The zero-order chi connectivity index (χ0) is 26.4. The van der Waals surface area contributed by atoms with E-state index in [0.717, 1.165) is 0 Å². The van der Waals surface area contributed by atoms with Gasteiger partial charge in [-0.2, -0.15) is 0 Å². The fourth-order valence-electron chi connectivity index (χ4n) is 7.07. The fraction of sp³-hybridized carbons (Fsp3) is 0.889. The summed E-state index contributed by atoms with van der Waals surface area (Å²) in [5, 5.41) is 0. The third kappa shape index (κ3) is 15.9. The third-order valence-corrected chi connectivity index (χ3v) is 9.55. The van der Waals surface area contributed by atoms with E-state index in [9.17, 15) is 0 Å². The molecule has 220 valence electrons. The van der Waals surface area contributed by atoms with Crippen LogP contribution in [0.1, 0.15) is 167 Å². The number of rotatable bonds is 0. The molecule has 2 nitrogen and oxygen atoms in total. The molecule has 0 aliphatic carbocycles. The van der Waals surface area contributed by atoms with Gasteiger partial charge in [0.15, 0.2) is 0 Å². The van der Waals surface area contributed by atoms with Gasteiger partial charge in [0.2, 0.25) is 0 Å². The molecule has 0 N–H and O–H groups in total. The molecule has 2 heteroatoms. The molecule has 3 aliphatic rings. The van der Waals surface area contributed by atoms with Gasteiger partial charge in [0.25, 0.3) is 0 Å². The SMILES string of the molecule is C1=C2CCCCCCCCCCCCN3CCC=C(CCCCCCCCCCCCCCN(CC1)C2)C3. The van der Waals surface area contributed by atoms with Gasteiger partial charge in [-0.05, 0) is 64.5 Å². The van der Waals surface area contributed by atoms with Crippen molar-refractivity contribution in [3.63, 3.8) is 0 Å². The molecular formula is C36H66N2. The number of hydrogen-bond acceptors (Lipinski definition) is 2. The van der Waals surface area contributed by atoms with Crippen LogP contribution in [0.2, 0.25) is 0 Å². The Labute approximate surface area is 239 Å². The van der Waals surface area contributed by atoms with Crippen LogP contribution in [0.4, 0.5) is 0 Å². The van der Waals surface area contributed by atoms with E-state index >= 15 is 0 Å². The van der Waals surface area contributed by atoms with Gasteiger partial charge in [-0.15, -0.1) is 0 Å². The molecular weight excluding hydrogens is 460 g/mol. The Morgan fingerprint density at radius 1 is 0.316 bits per heavy atom. The molecule has 0 amide bonds. The fourth-order valence-corrected chi connectivity index (χ4v) is 7.07. The Bertz CT molecular complexity index is 621. The van der Waals surface area contributed by atoms with E-state index in [1.807, 2.05) is 0 Å². The standard InChI is InChI=1S/C36H66N2/c1-2-5-9-13-17-21-29-37-31-24-28-36(34-37)26-20-16-12-8-4-6-10-14-18-22-30-38-32-23-27-35(33-38)25-19-15-11-7-3-1/h27-28H,1-26,29-34H2. The monoisotopic (exact) mass is 527 g/mol. The molecule has 3 rings (SSSR count). The quantitative estimate of drug-likeness (QED) is 0.290. The first-order chi connectivity index (χ1) is 18.9. The average Bonchev–Trinajstić information content (AvgIpc) is 2.94. The van der Waals surface area contributed by atoms with Gasteiger partial charge in [-0.25, -0.2) is 0 Å². The summed E-state index contributed by atoms with van der Waals surface area (Å²) >= 11 is 0. The highest BCUT2D eigenvalue weighted by Gasteiger charge is 2.13. The molecule has 0 aromatic heterocycles. The predicted octanol–water partition coefficient (Wildman–Crippen LogP) is 10.6. The third-order valence-electron chi connectivity index (χ3n) is 9.55. The summed E-state index contributed by atoms with van der Waals surface area (Å²) in [6.45, 7) is 7.84. The molecule has 0 aromatic carbocycles.